The van der Waals surface area contributed by atoms with Gasteiger partial charge in [0.05, 0.1) is 18.7 Å². The molecule has 0 spiro atoms. The number of rotatable bonds is 8. The number of benzene rings is 2. The van der Waals surface area contributed by atoms with E-state index < -0.39 is 0 Å². The molecular formula is C22H22N2O4S. The number of thiazole rings is 1. The van der Waals surface area contributed by atoms with Crippen molar-refractivity contribution in [2.45, 2.75) is 26.9 Å². The number of carbonyl (C=O) groups is 2. The monoisotopic (exact) mass is 410 g/mol. The fourth-order valence-corrected chi connectivity index (χ4v) is 3.38. The van der Waals surface area contributed by atoms with Gasteiger partial charge in [-0.2, -0.15) is 0 Å². The fraction of sp³-hybridized carbons (Fsp3) is 0.227. The Morgan fingerprint density at radius 3 is 2.76 bits per heavy atom. The van der Waals surface area contributed by atoms with Crippen LogP contribution < -0.4 is 10.1 Å². The van der Waals surface area contributed by atoms with Crippen LogP contribution in [-0.2, 0) is 22.6 Å². The number of esters is 1. The molecule has 150 valence electrons. The molecule has 0 aliphatic carbocycles. The second-order valence-electron chi connectivity index (χ2n) is 6.39. The fourth-order valence-electron chi connectivity index (χ4n) is 2.67. The third-order valence-electron chi connectivity index (χ3n) is 3.99. The summed E-state index contributed by atoms with van der Waals surface area (Å²) < 4.78 is 10.7. The minimum atomic E-state index is -0.339. The standard InChI is InChI=1S/C22H22N2O4S/c1-3-27-20(25)12-18-14-29-22(23-18)24-21(26)17-8-5-9-19(11-17)28-13-16-7-4-6-15(2)10-16/h4-11,14H,3,12-13H2,1-2H3,(H,23,24,26). The predicted molar refractivity (Wildman–Crippen MR) is 112 cm³/mol. The van der Waals surface area contributed by atoms with Crippen LogP contribution in [0.2, 0.25) is 0 Å². The summed E-state index contributed by atoms with van der Waals surface area (Å²) in [5.41, 5.74) is 3.27. The lowest BCUT2D eigenvalue weighted by molar-refractivity contribution is -0.142. The van der Waals surface area contributed by atoms with Gasteiger partial charge in [-0.1, -0.05) is 35.9 Å². The summed E-state index contributed by atoms with van der Waals surface area (Å²) >= 11 is 1.26. The minimum absolute atomic E-state index is 0.0858. The van der Waals surface area contributed by atoms with Crippen LogP contribution in [-0.4, -0.2) is 23.5 Å². The summed E-state index contributed by atoms with van der Waals surface area (Å²) in [7, 11) is 0. The highest BCUT2D eigenvalue weighted by Crippen LogP contribution is 2.20. The molecule has 0 saturated heterocycles. The van der Waals surface area contributed by atoms with E-state index in [0.29, 0.717) is 35.4 Å². The van der Waals surface area contributed by atoms with Gasteiger partial charge in [0, 0.05) is 10.9 Å². The SMILES string of the molecule is CCOC(=O)Cc1csc(NC(=O)c2cccc(OCc3cccc(C)c3)c2)n1. The highest BCUT2D eigenvalue weighted by molar-refractivity contribution is 7.14. The van der Waals surface area contributed by atoms with Crippen LogP contribution in [0.3, 0.4) is 0 Å². The number of hydrogen-bond acceptors (Lipinski definition) is 6. The van der Waals surface area contributed by atoms with Crippen LogP contribution >= 0.6 is 11.3 Å². The first-order valence-corrected chi connectivity index (χ1v) is 10.1. The summed E-state index contributed by atoms with van der Waals surface area (Å²) in [5, 5.41) is 4.91. The van der Waals surface area contributed by atoms with Crippen LogP contribution in [0.1, 0.15) is 34.1 Å². The van der Waals surface area contributed by atoms with Crippen LogP contribution in [0.5, 0.6) is 5.75 Å². The van der Waals surface area contributed by atoms with Gasteiger partial charge in [-0.3, -0.25) is 14.9 Å². The molecule has 3 rings (SSSR count). The van der Waals surface area contributed by atoms with Gasteiger partial charge < -0.3 is 9.47 Å². The third-order valence-corrected chi connectivity index (χ3v) is 4.79. The Morgan fingerprint density at radius 2 is 1.97 bits per heavy atom. The largest absolute Gasteiger partial charge is 0.489 e. The number of aryl methyl sites for hydroxylation is 1. The van der Waals surface area contributed by atoms with E-state index in [9.17, 15) is 9.59 Å². The molecule has 0 fully saturated rings. The van der Waals surface area contributed by atoms with E-state index in [4.69, 9.17) is 9.47 Å². The normalized spacial score (nSPS) is 10.4. The molecule has 0 atom stereocenters. The summed E-state index contributed by atoms with van der Waals surface area (Å²) in [6.07, 6.45) is 0.0858. The first-order valence-electron chi connectivity index (χ1n) is 9.23. The second kappa shape index (κ2) is 9.84. The highest BCUT2D eigenvalue weighted by atomic mass is 32.1. The molecule has 6 nitrogen and oxygen atoms in total. The zero-order valence-electron chi connectivity index (χ0n) is 16.3. The molecule has 0 radical (unpaired) electrons. The number of ether oxygens (including phenoxy) is 2. The van der Waals surface area contributed by atoms with E-state index in [1.807, 2.05) is 31.2 Å². The van der Waals surface area contributed by atoms with Gasteiger partial charge in [-0.15, -0.1) is 11.3 Å². The molecule has 0 bridgehead atoms. The first-order chi connectivity index (χ1) is 14.0. The number of nitrogens with zero attached hydrogens (tertiary/aromatic N) is 1. The number of aromatic nitrogens is 1. The Morgan fingerprint density at radius 1 is 1.14 bits per heavy atom. The number of anilines is 1. The molecule has 0 saturated carbocycles. The zero-order valence-corrected chi connectivity index (χ0v) is 17.1. The lowest BCUT2D eigenvalue weighted by atomic mass is 10.1. The first kappa shape index (κ1) is 20.5. The van der Waals surface area contributed by atoms with Gasteiger partial charge in [0.15, 0.2) is 5.13 Å². The number of amides is 1. The van der Waals surface area contributed by atoms with E-state index >= 15 is 0 Å². The Kier molecular flexibility index (Phi) is 6.97. The minimum Gasteiger partial charge on any atom is -0.489 e. The molecule has 7 heteroatoms. The quantitative estimate of drug-likeness (QED) is 0.558. The Bertz CT molecular complexity index is 1000. The third kappa shape index (κ3) is 6.15. The topological polar surface area (TPSA) is 77.5 Å². The van der Waals surface area contributed by atoms with Gasteiger partial charge in [-0.25, -0.2) is 4.98 Å². The maximum Gasteiger partial charge on any atom is 0.311 e. The number of hydrogen-bond donors (Lipinski definition) is 1. The molecule has 1 aromatic heterocycles. The van der Waals surface area contributed by atoms with E-state index in [1.165, 1.54) is 16.9 Å². The highest BCUT2D eigenvalue weighted by Gasteiger charge is 2.12. The molecule has 0 unspecified atom stereocenters. The lowest BCUT2D eigenvalue weighted by Crippen LogP contribution is -2.12. The van der Waals surface area contributed by atoms with E-state index in [-0.39, 0.29) is 18.3 Å². The number of carbonyl (C=O) groups excluding carboxylic acids is 2. The molecule has 2 aromatic carbocycles. The predicted octanol–water partition coefficient (Wildman–Crippen LogP) is 4.39. The molecule has 1 heterocycles. The van der Waals surface area contributed by atoms with E-state index in [2.05, 4.69) is 16.4 Å². The molecule has 1 amide bonds. The summed E-state index contributed by atoms with van der Waals surface area (Å²) in [4.78, 5) is 28.3. The van der Waals surface area contributed by atoms with Crippen molar-refractivity contribution in [3.05, 3.63) is 76.3 Å². The smallest absolute Gasteiger partial charge is 0.311 e. The van der Waals surface area contributed by atoms with Crippen LogP contribution in [0, 0.1) is 6.92 Å². The van der Waals surface area contributed by atoms with Crippen molar-refractivity contribution in [2.75, 3.05) is 11.9 Å². The van der Waals surface area contributed by atoms with Crippen molar-refractivity contribution in [2.24, 2.45) is 0 Å². The molecule has 3 aromatic rings. The second-order valence-corrected chi connectivity index (χ2v) is 7.24. The van der Waals surface area contributed by atoms with Gasteiger partial charge in [-0.05, 0) is 37.6 Å². The average molecular weight is 410 g/mol. The van der Waals surface area contributed by atoms with Gasteiger partial charge in [0.2, 0.25) is 0 Å². The average Bonchev–Trinajstić information content (AvgIpc) is 3.13. The summed E-state index contributed by atoms with van der Waals surface area (Å²) in [5.74, 6) is -0.0153. The van der Waals surface area contributed by atoms with Gasteiger partial charge in [0.1, 0.15) is 12.4 Å². The van der Waals surface area contributed by atoms with Crippen molar-refractivity contribution in [1.29, 1.82) is 0 Å². The van der Waals surface area contributed by atoms with Gasteiger partial charge in [0.25, 0.3) is 5.91 Å². The van der Waals surface area contributed by atoms with Crippen LogP contribution in [0.4, 0.5) is 5.13 Å². The maximum atomic E-state index is 12.5. The Balaban J connectivity index is 1.59. The lowest BCUT2D eigenvalue weighted by Gasteiger charge is -2.08. The van der Waals surface area contributed by atoms with Crippen LogP contribution in [0.15, 0.2) is 53.9 Å². The summed E-state index contributed by atoms with van der Waals surface area (Å²) in [6.45, 7) is 4.54. The van der Waals surface area contributed by atoms with Crippen molar-refractivity contribution in [3.8, 4) is 5.75 Å². The Hall–Kier alpha value is -3.19. The van der Waals surface area contributed by atoms with E-state index in [0.717, 1.165) is 5.56 Å². The maximum absolute atomic E-state index is 12.5. The Labute approximate surface area is 173 Å². The van der Waals surface area contributed by atoms with Gasteiger partial charge >= 0.3 is 5.97 Å². The van der Waals surface area contributed by atoms with Crippen molar-refractivity contribution in [3.63, 3.8) is 0 Å². The molecule has 1 N–H and O–H groups in total. The summed E-state index contributed by atoms with van der Waals surface area (Å²) in [6, 6.07) is 15.1. The molecule has 29 heavy (non-hydrogen) atoms. The van der Waals surface area contributed by atoms with Crippen molar-refractivity contribution >= 4 is 28.3 Å². The van der Waals surface area contributed by atoms with E-state index in [1.54, 1.807) is 30.5 Å². The number of nitrogens with one attached hydrogen (secondary N) is 1. The van der Waals surface area contributed by atoms with Crippen molar-refractivity contribution < 1.29 is 19.1 Å². The molecule has 0 aliphatic rings. The van der Waals surface area contributed by atoms with Crippen molar-refractivity contribution in [1.82, 2.24) is 4.98 Å². The molecule has 0 aliphatic heterocycles. The zero-order chi connectivity index (χ0) is 20.6. The molecular weight excluding hydrogens is 388 g/mol. The van der Waals surface area contributed by atoms with Crippen LogP contribution in [0.25, 0.3) is 0 Å².